The molecule has 144 valence electrons. The minimum absolute atomic E-state index is 0.0586. The average molecular weight is 400 g/mol. The van der Waals surface area contributed by atoms with Gasteiger partial charge in [-0.1, -0.05) is 54.6 Å². The van der Waals surface area contributed by atoms with E-state index in [-0.39, 0.29) is 12.1 Å². The highest BCUT2D eigenvalue weighted by Crippen LogP contribution is 2.38. The molecule has 0 saturated heterocycles. The second kappa shape index (κ2) is 7.60. The molecule has 0 fully saturated rings. The topological polar surface area (TPSA) is 37.3 Å². The van der Waals surface area contributed by atoms with Crippen molar-refractivity contribution in [2.75, 3.05) is 0 Å². The Morgan fingerprint density at radius 1 is 0.966 bits per heavy atom. The number of para-hydroxylation sites is 1. The van der Waals surface area contributed by atoms with Gasteiger partial charge in [-0.2, -0.15) is 0 Å². The van der Waals surface area contributed by atoms with E-state index in [0.29, 0.717) is 13.1 Å². The molecule has 1 atom stereocenters. The van der Waals surface area contributed by atoms with Crippen molar-refractivity contribution in [2.45, 2.75) is 19.1 Å². The van der Waals surface area contributed by atoms with Gasteiger partial charge in [0.25, 0.3) is 0 Å². The van der Waals surface area contributed by atoms with E-state index >= 15 is 0 Å². The molecule has 5 heteroatoms. The van der Waals surface area contributed by atoms with Gasteiger partial charge in [-0.3, -0.25) is 0 Å². The molecule has 29 heavy (non-hydrogen) atoms. The Labute approximate surface area is 174 Å². The Kier molecular flexibility index (Phi) is 4.66. The van der Waals surface area contributed by atoms with Crippen LogP contribution in [0, 0.1) is 0 Å². The summed E-state index contributed by atoms with van der Waals surface area (Å²) in [7, 11) is 0. The second-order valence-electron chi connectivity index (χ2n) is 7.12. The van der Waals surface area contributed by atoms with Crippen LogP contribution in [0.25, 0.3) is 5.69 Å². The van der Waals surface area contributed by atoms with Crippen LogP contribution >= 0.6 is 11.3 Å². The van der Waals surface area contributed by atoms with E-state index in [0.717, 1.165) is 27.4 Å². The number of hydrogen-bond donors (Lipinski definition) is 1. The maximum absolute atomic E-state index is 13.4. The molecule has 2 amide bonds. The molecule has 0 radical (unpaired) electrons. The minimum Gasteiger partial charge on any atom is -0.334 e. The Bertz CT molecular complexity index is 1120. The van der Waals surface area contributed by atoms with Crippen LogP contribution in [0.3, 0.4) is 0 Å². The molecule has 0 bridgehead atoms. The van der Waals surface area contributed by atoms with Crippen LogP contribution in [0.5, 0.6) is 0 Å². The highest BCUT2D eigenvalue weighted by atomic mass is 32.1. The second-order valence-corrected chi connectivity index (χ2v) is 8.10. The van der Waals surface area contributed by atoms with E-state index in [1.165, 1.54) is 0 Å². The maximum Gasteiger partial charge on any atom is 0.318 e. The van der Waals surface area contributed by atoms with Crippen molar-refractivity contribution in [3.8, 4) is 5.69 Å². The van der Waals surface area contributed by atoms with Crippen LogP contribution in [0.1, 0.15) is 27.7 Å². The first-order valence-corrected chi connectivity index (χ1v) is 10.6. The highest BCUT2D eigenvalue weighted by molar-refractivity contribution is 7.10. The van der Waals surface area contributed by atoms with Crippen molar-refractivity contribution in [1.82, 2.24) is 14.8 Å². The number of aromatic nitrogens is 1. The molecule has 1 aliphatic rings. The van der Waals surface area contributed by atoms with E-state index in [1.807, 2.05) is 53.4 Å². The first-order valence-electron chi connectivity index (χ1n) is 9.68. The van der Waals surface area contributed by atoms with Gasteiger partial charge in [-0.05, 0) is 40.8 Å². The van der Waals surface area contributed by atoms with Gasteiger partial charge >= 0.3 is 6.03 Å². The van der Waals surface area contributed by atoms with Crippen LogP contribution in [0.15, 0.2) is 90.4 Å². The van der Waals surface area contributed by atoms with Gasteiger partial charge in [0.1, 0.15) is 6.04 Å². The lowest BCUT2D eigenvalue weighted by Gasteiger charge is -2.30. The van der Waals surface area contributed by atoms with Crippen LogP contribution < -0.4 is 5.32 Å². The number of thiophene rings is 1. The monoisotopic (exact) mass is 399 g/mol. The van der Waals surface area contributed by atoms with Crippen molar-refractivity contribution in [3.63, 3.8) is 0 Å². The summed E-state index contributed by atoms with van der Waals surface area (Å²) < 4.78 is 2.21. The van der Waals surface area contributed by atoms with E-state index < -0.39 is 0 Å². The summed E-state index contributed by atoms with van der Waals surface area (Å²) in [5.74, 6) is 0. The summed E-state index contributed by atoms with van der Waals surface area (Å²) in [5, 5.41) is 5.19. The zero-order valence-electron chi connectivity index (χ0n) is 15.9. The molecule has 0 unspecified atom stereocenters. The molecular weight excluding hydrogens is 378 g/mol. The maximum atomic E-state index is 13.4. The molecule has 0 aliphatic carbocycles. The number of rotatable bonds is 3. The van der Waals surface area contributed by atoms with Crippen LogP contribution in [0.4, 0.5) is 4.79 Å². The molecule has 5 rings (SSSR count). The van der Waals surface area contributed by atoms with Gasteiger partial charge in [0, 0.05) is 17.6 Å². The standard InChI is InChI=1S/C24H21N3OS/c28-24(25-16-18-8-2-1-3-9-18)27-17-19-10-4-5-11-20(19)26-14-6-12-21(26)23(27)22-13-7-15-29-22/h1-15,23H,16-17H2,(H,25,28)/t23-/m1/s1. The first kappa shape index (κ1) is 17.8. The summed E-state index contributed by atoms with van der Waals surface area (Å²) >= 11 is 1.69. The summed E-state index contributed by atoms with van der Waals surface area (Å²) in [6.07, 6.45) is 2.08. The van der Waals surface area contributed by atoms with Crippen molar-refractivity contribution >= 4 is 17.4 Å². The van der Waals surface area contributed by atoms with Gasteiger partial charge in [-0.25, -0.2) is 4.79 Å². The zero-order chi connectivity index (χ0) is 19.6. The fourth-order valence-corrected chi connectivity index (χ4v) is 4.81. The molecule has 2 aromatic carbocycles. The SMILES string of the molecule is O=C(NCc1ccccc1)N1Cc2ccccc2-n2cccc2[C@@H]1c1cccs1. The number of urea groups is 1. The smallest absolute Gasteiger partial charge is 0.318 e. The van der Waals surface area contributed by atoms with Gasteiger partial charge < -0.3 is 14.8 Å². The predicted molar refractivity (Wildman–Crippen MR) is 116 cm³/mol. The van der Waals surface area contributed by atoms with E-state index in [1.54, 1.807) is 11.3 Å². The number of fused-ring (bicyclic) bond motifs is 3. The average Bonchev–Trinajstić information content (AvgIpc) is 3.44. The van der Waals surface area contributed by atoms with Crippen molar-refractivity contribution in [3.05, 3.63) is 112 Å². The highest BCUT2D eigenvalue weighted by Gasteiger charge is 2.33. The number of nitrogens with zero attached hydrogens (tertiary/aromatic N) is 2. The zero-order valence-corrected chi connectivity index (χ0v) is 16.7. The van der Waals surface area contributed by atoms with Gasteiger partial charge in [0.2, 0.25) is 0 Å². The lowest BCUT2D eigenvalue weighted by Crippen LogP contribution is -2.41. The Balaban J connectivity index is 1.54. The normalized spacial score (nSPS) is 15.3. The lowest BCUT2D eigenvalue weighted by molar-refractivity contribution is 0.181. The molecular formula is C24H21N3OS. The number of carbonyl (C=O) groups excluding carboxylic acids is 1. The Morgan fingerprint density at radius 2 is 1.79 bits per heavy atom. The summed E-state index contributed by atoms with van der Waals surface area (Å²) in [5.41, 5.74) is 4.46. The molecule has 4 aromatic rings. The third-order valence-electron chi connectivity index (χ3n) is 5.32. The van der Waals surface area contributed by atoms with Crippen molar-refractivity contribution in [1.29, 1.82) is 0 Å². The number of carbonyl (C=O) groups is 1. The fraction of sp³-hybridized carbons (Fsp3) is 0.125. The molecule has 0 saturated carbocycles. The van der Waals surface area contributed by atoms with Gasteiger partial charge in [0.05, 0.1) is 17.9 Å². The van der Waals surface area contributed by atoms with Gasteiger partial charge in [0.15, 0.2) is 0 Å². The molecule has 3 heterocycles. The van der Waals surface area contributed by atoms with Gasteiger partial charge in [-0.15, -0.1) is 11.3 Å². The third kappa shape index (κ3) is 3.34. The predicted octanol–water partition coefficient (Wildman–Crippen LogP) is 5.35. The number of benzene rings is 2. The Morgan fingerprint density at radius 3 is 2.62 bits per heavy atom. The number of amides is 2. The Hall–Kier alpha value is -3.31. The molecule has 2 aromatic heterocycles. The van der Waals surface area contributed by atoms with Crippen molar-refractivity contribution in [2.24, 2.45) is 0 Å². The molecule has 1 N–H and O–H groups in total. The van der Waals surface area contributed by atoms with Crippen LogP contribution in [0.2, 0.25) is 0 Å². The number of nitrogens with one attached hydrogen (secondary N) is 1. The van der Waals surface area contributed by atoms with Crippen LogP contribution in [-0.2, 0) is 13.1 Å². The minimum atomic E-state index is -0.131. The van der Waals surface area contributed by atoms with E-state index in [2.05, 4.69) is 51.8 Å². The molecule has 4 nitrogen and oxygen atoms in total. The summed E-state index contributed by atoms with van der Waals surface area (Å²) in [6.45, 7) is 1.07. The first-order chi connectivity index (χ1) is 14.3. The summed E-state index contributed by atoms with van der Waals surface area (Å²) in [6, 6.07) is 26.5. The quantitative estimate of drug-likeness (QED) is 0.495. The lowest BCUT2D eigenvalue weighted by atomic mass is 10.1. The number of hydrogen-bond acceptors (Lipinski definition) is 2. The molecule has 0 spiro atoms. The molecule has 1 aliphatic heterocycles. The largest absolute Gasteiger partial charge is 0.334 e. The van der Waals surface area contributed by atoms with Crippen LogP contribution in [-0.4, -0.2) is 15.5 Å². The van der Waals surface area contributed by atoms with E-state index in [4.69, 9.17) is 0 Å². The fourth-order valence-electron chi connectivity index (χ4n) is 3.96. The van der Waals surface area contributed by atoms with Crippen molar-refractivity contribution < 1.29 is 4.79 Å². The third-order valence-corrected chi connectivity index (χ3v) is 6.25. The van der Waals surface area contributed by atoms with E-state index in [9.17, 15) is 4.79 Å². The summed E-state index contributed by atoms with van der Waals surface area (Å²) in [4.78, 5) is 16.5.